The van der Waals surface area contributed by atoms with Gasteiger partial charge in [-0.3, -0.25) is 19.1 Å². The van der Waals surface area contributed by atoms with Gasteiger partial charge in [0.25, 0.3) is 11.5 Å². The number of allylic oxidation sites excluding steroid dienone is 1. The Morgan fingerprint density at radius 1 is 1.18 bits per heavy atom. The minimum atomic E-state index is -0.462. The van der Waals surface area contributed by atoms with Crippen LogP contribution >= 0.6 is 11.3 Å². The fraction of sp³-hybridized carbons (Fsp3) is 0.120. The SMILES string of the molecule is Cc1ccc(-n2c(=O)c(N)nc3sc(C(=O)NC4=CN=CCC4)cc32)cc1Oc1ccccc1. The standard InChI is InChI=1S/C25H21N5O3S/c1-15-9-10-17(12-20(15)33-18-7-3-2-4-8-18)30-19-13-21(34-24(19)29-22(26)25(30)32)23(31)28-16-6-5-11-27-14-16/h2-4,7-14H,5-6H2,1H3,(H2,26,29)(H,28,31). The van der Waals surface area contributed by atoms with Gasteiger partial charge in [0.1, 0.15) is 16.3 Å². The first kappa shape index (κ1) is 21.6. The number of para-hydroxylation sites is 1. The van der Waals surface area contributed by atoms with Gasteiger partial charge in [-0.1, -0.05) is 24.3 Å². The highest BCUT2D eigenvalue weighted by molar-refractivity contribution is 7.20. The maximum atomic E-state index is 13.0. The predicted octanol–water partition coefficient (Wildman–Crippen LogP) is 4.57. The zero-order valence-electron chi connectivity index (χ0n) is 18.3. The summed E-state index contributed by atoms with van der Waals surface area (Å²) in [6, 6.07) is 16.5. The van der Waals surface area contributed by atoms with E-state index in [0.29, 0.717) is 38.8 Å². The summed E-state index contributed by atoms with van der Waals surface area (Å²) in [7, 11) is 0. The number of aromatic nitrogens is 2. The van der Waals surface area contributed by atoms with Crippen LogP contribution in [0.5, 0.6) is 11.5 Å². The molecule has 0 saturated carbocycles. The van der Waals surface area contributed by atoms with Crippen LogP contribution in [-0.4, -0.2) is 21.7 Å². The number of nitrogen functional groups attached to an aromatic ring is 1. The summed E-state index contributed by atoms with van der Waals surface area (Å²) < 4.78 is 7.50. The first-order valence-electron chi connectivity index (χ1n) is 10.7. The molecule has 0 spiro atoms. The van der Waals surface area contributed by atoms with E-state index < -0.39 is 5.56 Å². The zero-order chi connectivity index (χ0) is 23.7. The maximum absolute atomic E-state index is 13.0. The maximum Gasteiger partial charge on any atom is 0.298 e. The summed E-state index contributed by atoms with van der Waals surface area (Å²) in [5.74, 6) is 0.875. The topological polar surface area (TPSA) is 112 Å². The molecular formula is C25H21N5O3S. The second-order valence-corrected chi connectivity index (χ2v) is 8.81. The Morgan fingerprint density at radius 2 is 2.00 bits per heavy atom. The van der Waals surface area contributed by atoms with Gasteiger partial charge < -0.3 is 15.8 Å². The van der Waals surface area contributed by atoms with Crippen LogP contribution in [-0.2, 0) is 0 Å². The first-order chi connectivity index (χ1) is 16.5. The number of nitrogens with zero attached hydrogens (tertiary/aromatic N) is 3. The number of nitrogens with one attached hydrogen (secondary N) is 1. The molecule has 0 aliphatic carbocycles. The van der Waals surface area contributed by atoms with Crippen LogP contribution in [0.4, 0.5) is 5.82 Å². The molecule has 2 aromatic carbocycles. The van der Waals surface area contributed by atoms with Crippen molar-refractivity contribution in [2.45, 2.75) is 19.8 Å². The van der Waals surface area contributed by atoms with Crippen LogP contribution < -0.4 is 21.3 Å². The summed E-state index contributed by atoms with van der Waals surface area (Å²) in [6.07, 6.45) is 4.93. The number of benzene rings is 2. The molecule has 8 nitrogen and oxygen atoms in total. The molecule has 0 unspecified atom stereocenters. The number of hydrogen-bond acceptors (Lipinski definition) is 7. The molecule has 170 valence electrons. The van der Waals surface area contributed by atoms with Gasteiger partial charge in [0.2, 0.25) is 0 Å². The molecule has 1 amide bonds. The number of anilines is 1. The van der Waals surface area contributed by atoms with Crippen LogP contribution in [0.15, 0.2) is 76.3 Å². The van der Waals surface area contributed by atoms with E-state index in [0.717, 1.165) is 17.7 Å². The number of thiophene rings is 1. The number of carbonyl (C=O) groups excluding carboxylic acids is 1. The summed E-state index contributed by atoms with van der Waals surface area (Å²) in [6.45, 7) is 1.93. The number of fused-ring (bicyclic) bond motifs is 1. The molecule has 0 radical (unpaired) electrons. The Labute approximate surface area is 199 Å². The summed E-state index contributed by atoms with van der Waals surface area (Å²) in [5, 5.41) is 2.88. The van der Waals surface area contributed by atoms with Crippen molar-refractivity contribution in [3.05, 3.63) is 87.3 Å². The number of carbonyl (C=O) groups is 1. The van der Waals surface area contributed by atoms with Crippen LogP contribution in [0.25, 0.3) is 16.0 Å². The highest BCUT2D eigenvalue weighted by Gasteiger charge is 2.19. The molecule has 3 heterocycles. The van der Waals surface area contributed by atoms with E-state index in [1.807, 2.05) is 49.4 Å². The van der Waals surface area contributed by atoms with E-state index in [1.54, 1.807) is 24.5 Å². The molecule has 1 aliphatic heterocycles. The van der Waals surface area contributed by atoms with Crippen molar-refractivity contribution in [3.8, 4) is 17.2 Å². The fourth-order valence-electron chi connectivity index (χ4n) is 3.62. The van der Waals surface area contributed by atoms with E-state index in [9.17, 15) is 9.59 Å². The molecule has 0 saturated heterocycles. The van der Waals surface area contributed by atoms with Crippen molar-refractivity contribution >= 4 is 39.6 Å². The van der Waals surface area contributed by atoms with E-state index in [2.05, 4.69) is 15.3 Å². The third-order valence-electron chi connectivity index (χ3n) is 5.36. The van der Waals surface area contributed by atoms with Gasteiger partial charge in [-0.2, -0.15) is 0 Å². The smallest absolute Gasteiger partial charge is 0.298 e. The van der Waals surface area contributed by atoms with E-state index >= 15 is 0 Å². The molecule has 0 atom stereocenters. The largest absolute Gasteiger partial charge is 0.457 e. The van der Waals surface area contributed by atoms with Crippen LogP contribution in [0.1, 0.15) is 28.1 Å². The highest BCUT2D eigenvalue weighted by Crippen LogP contribution is 2.30. The number of aryl methyl sites for hydroxylation is 1. The average Bonchev–Trinajstić information content (AvgIpc) is 3.26. The second kappa shape index (κ2) is 8.95. The van der Waals surface area contributed by atoms with Crippen molar-refractivity contribution in [2.24, 2.45) is 4.99 Å². The molecular weight excluding hydrogens is 450 g/mol. The van der Waals surface area contributed by atoms with Crippen molar-refractivity contribution in [1.29, 1.82) is 0 Å². The molecule has 1 aliphatic rings. The number of aliphatic imine (C=N–C) groups is 1. The molecule has 0 bridgehead atoms. The Balaban J connectivity index is 1.57. The number of hydrogen-bond donors (Lipinski definition) is 2. The van der Waals surface area contributed by atoms with E-state index in [-0.39, 0.29) is 11.7 Å². The summed E-state index contributed by atoms with van der Waals surface area (Å²) in [4.78, 5) is 35.1. The number of amides is 1. The van der Waals surface area contributed by atoms with Crippen molar-refractivity contribution in [3.63, 3.8) is 0 Å². The van der Waals surface area contributed by atoms with Crippen LogP contribution in [0, 0.1) is 6.92 Å². The zero-order valence-corrected chi connectivity index (χ0v) is 19.1. The van der Waals surface area contributed by atoms with Gasteiger partial charge in [-0.05, 0) is 49.6 Å². The average molecular weight is 472 g/mol. The molecule has 4 aromatic rings. The Kier molecular flexibility index (Phi) is 5.69. The molecule has 34 heavy (non-hydrogen) atoms. The molecule has 0 fully saturated rings. The van der Waals surface area contributed by atoms with Gasteiger partial charge in [0.05, 0.1) is 16.1 Å². The Morgan fingerprint density at radius 3 is 2.76 bits per heavy atom. The Hall–Kier alpha value is -4.24. The summed E-state index contributed by atoms with van der Waals surface area (Å²) in [5.41, 5.74) is 8.21. The Bertz CT molecular complexity index is 1520. The highest BCUT2D eigenvalue weighted by atomic mass is 32.1. The number of rotatable bonds is 5. The van der Waals surface area contributed by atoms with E-state index in [4.69, 9.17) is 10.5 Å². The number of nitrogens with two attached hydrogens (primary N) is 1. The van der Waals surface area contributed by atoms with Gasteiger partial charge in [-0.25, -0.2) is 4.98 Å². The van der Waals surface area contributed by atoms with Gasteiger partial charge in [0, 0.05) is 24.2 Å². The predicted molar refractivity (Wildman–Crippen MR) is 134 cm³/mol. The molecule has 3 N–H and O–H groups in total. The third-order valence-corrected chi connectivity index (χ3v) is 6.37. The van der Waals surface area contributed by atoms with Gasteiger partial charge in [0.15, 0.2) is 5.82 Å². The third kappa shape index (κ3) is 4.20. The quantitative estimate of drug-likeness (QED) is 0.443. The minimum Gasteiger partial charge on any atom is -0.457 e. The van der Waals surface area contributed by atoms with Crippen LogP contribution in [0.3, 0.4) is 0 Å². The van der Waals surface area contributed by atoms with Gasteiger partial charge in [-0.15, -0.1) is 11.3 Å². The lowest BCUT2D eigenvalue weighted by Crippen LogP contribution is -2.23. The minimum absolute atomic E-state index is 0.142. The first-order valence-corrected chi connectivity index (χ1v) is 11.5. The molecule has 9 heteroatoms. The van der Waals surface area contributed by atoms with E-state index in [1.165, 1.54) is 15.9 Å². The number of ether oxygens (including phenoxy) is 1. The van der Waals surface area contributed by atoms with Crippen molar-refractivity contribution in [1.82, 2.24) is 14.9 Å². The van der Waals surface area contributed by atoms with Crippen molar-refractivity contribution < 1.29 is 9.53 Å². The lowest BCUT2D eigenvalue weighted by molar-refractivity contribution is 0.0968. The van der Waals surface area contributed by atoms with Gasteiger partial charge >= 0.3 is 0 Å². The second-order valence-electron chi connectivity index (χ2n) is 7.78. The molecule has 5 rings (SSSR count). The van der Waals surface area contributed by atoms with Crippen LogP contribution in [0.2, 0.25) is 0 Å². The van der Waals surface area contributed by atoms with Crippen molar-refractivity contribution in [2.75, 3.05) is 5.73 Å². The summed E-state index contributed by atoms with van der Waals surface area (Å²) >= 11 is 1.18. The lowest BCUT2D eigenvalue weighted by Gasteiger charge is -2.13. The molecule has 2 aromatic heterocycles. The fourth-order valence-corrected chi connectivity index (χ4v) is 4.54. The normalized spacial score (nSPS) is 13.0. The monoisotopic (exact) mass is 471 g/mol. The lowest BCUT2D eigenvalue weighted by atomic mass is 10.2.